The number of halogens is 1. The molecule has 0 aliphatic carbocycles. The normalized spacial score (nSPS) is 13.4. The van der Waals surface area contributed by atoms with Crippen molar-refractivity contribution in [3.05, 3.63) is 69.1 Å². The molecule has 0 atom stereocenters. The van der Waals surface area contributed by atoms with Crippen LogP contribution in [0.15, 0.2) is 47.0 Å². The number of amides is 1. The number of nitro benzene ring substituents is 1. The maximum absolute atomic E-state index is 12.8. The van der Waals surface area contributed by atoms with Gasteiger partial charge in [-0.25, -0.2) is 0 Å². The fraction of sp³-hybridized carbons (Fsp3) is 0.250. The minimum absolute atomic E-state index is 0.00154. The van der Waals surface area contributed by atoms with Gasteiger partial charge in [0.15, 0.2) is 0 Å². The van der Waals surface area contributed by atoms with Crippen LogP contribution >= 0.6 is 11.6 Å². The van der Waals surface area contributed by atoms with Gasteiger partial charge in [0.25, 0.3) is 11.6 Å². The third-order valence-electron chi connectivity index (χ3n) is 4.85. The summed E-state index contributed by atoms with van der Waals surface area (Å²) in [4.78, 5) is 29.8. The minimum atomic E-state index is -0.513. The number of hydrogen-bond donors (Lipinski definition) is 1. The largest absolute Gasteiger partial charge is 0.371 e. The Morgan fingerprint density at radius 2 is 1.93 bits per heavy atom. The first kappa shape index (κ1) is 19.8. The van der Waals surface area contributed by atoms with Crippen LogP contribution in [0.2, 0.25) is 5.02 Å². The summed E-state index contributed by atoms with van der Waals surface area (Å²) in [5, 5.41) is 18.4. The fourth-order valence-electron chi connectivity index (χ4n) is 3.35. The molecule has 1 aliphatic rings. The van der Waals surface area contributed by atoms with Crippen LogP contribution in [0.4, 0.5) is 11.4 Å². The predicted octanol–water partition coefficient (Wildman–Crippen LogP) is 3.83. The van der Waals surface area contributed by atoms with Gasteiger partial charge in [-0.2, -0.15) is 4.98 Å². The molecule has 0 spiro atoms. The van der Waals surface area contributed by atoms with Crippen molar-refractivity contribution < 1.29 is 14.2 Å². The average molecular weight is 428 g/mol. The highest BCUT2D eigenvalue weighted by molar-refractivity contribution is 6.30. The van der Waals surface area contributed by atoms with Gasteiger partial charge in [0.05, 0.1) is 22.7 Å². The van der Waals surface area contributed by atoms with Gasteiger partial charge in [-0.05, 0) is 43.2 Å². The zero-order chi connectivity index (χ0) is 21.1. The van der Waals surface area contributed by atoms with Crippen LogP contribution in [-0.4, -0.2) is 34.1 Å². The molecule has 0 bridgehead atoms. The van der Waals surface area contributed by atoms with E-state index in [-0.39, 0.29) is 23.7 Å². The molecular formula is C20H18ClN5O4. The Balaban J connectivity index is 1.50. The molecule has 0 unspecified atom stereocenters. The number of carbonyl (C=O) groups excluding carboxylic acids is 1. The van der Waals surface area contributed by atoms with E-state index in [0.717, 1.165) is 31.5 Å². The second-order valence-corrected chi connectivity index (χ2v) is 7.29. The first-order valence-corrected chi connectivity index (χ1v) is 9.79. The molecule has 1 N–H and O–H groups in total. The molecule has 9 nitrogen and oxygen atoms in total. The summed E-state index contributed by atoms with van der Waals surface area (Å²) < 4.78 is 5.20. The number of anilines is 1. The molecule has 1 aromatic heterocycles. The van der Waals surface area contributed by atoms with Gasteiger partial charge >= 0.3 is 0 Å². The van der Waals surface area contributed by atoms with Crippen LogP contribution in [0.5, 0.6) is 0 Å². The number of hydrogen-bond acceptors (Lipinski definition) is 7. The number of nitro groups is 1. The first-order chi connectivity index (χ1) is 14.5. The topological polar surface area (TPSA) is 114 Å². The highest BCUT2D eigenvalue weighted by Gasteiger charge is 2.23. The number of rotatable bonds is 6. The highest BCUT2D eigenvalue weighted by Crippen LogP contribution is 2.28. The molecular weight excluding hydrogens is 410 g/mol. The van der Waals surface area contributed by atoms with Gasteiger partial charge in [0.1, 0.15) is 0 Å². The number of nitrogens with one attached hydrogen (secondary N) is 1. The highest BCUT2D eigenvalue weighted by atomic mass is 35.5. The Bertz CT molecular complexity index is 1080. The summed E-state index contributed by atoms with van der Waals surface area (Å²) in [5.74, 6) is 0.164. The van der Waals surface area contributed by atoms with Crippen molar-refractivity contribution in [2.24, 2.45) is 0 Å². The lowest BCUT2D eigenvalue weighted by Gasteiger charge is -2.20. The molecule has 154 valence electrons. The smallest absolute Gasteiger partial charge is 0.270 e. The summed E-state index contributed by atoms with van der Waals surface area (Å²) in [6.45, 7) is 1.62. The summed E-state index contributed by atoms with van der Waals surface area (Å²) in [7, 11) is 0. The van der Waals surface area contributed by atoms with E-state index in [1.54, 1.807) is 30.3 Å². The Hall–Kier alpha value is -3.46. The zero-order valence-corrected chi connectivity index (χ0v) is 16.6. The number of nitrogens with zero attached hydrogens (tertiary/aromatic N) is 4. The molecule has 30 heavy (non-hydrogen) atoms. The molecule has 1 amide bonds. The molecule has 2 heterocycles. The van der Waals surface area contributed by atoms with Gasteiger partial charge < -0.3 is 14.7 Å². The van der Waals surface area contributed by atoms with Crippen molar-refractivity contribution in [3.63, 3.8) is 0 Å². The Morgan fingerprint density at radius 3 is 2.63 bits per heavy atom. The van der Waals surface area contributed by atoms with Crippen LogP contribution in [-0.2, 0) is 6.54 Å². The van der Waals surface area contributed by atoms with Crippen LogP contribution in [0, 0.1) is 10.1 Å². The maximum Gasteiger partial charge on any atom is 0.270 e. The summed E-state index contributed by atoms with van der Waals surface area (Å²) in [5.41, 5.74) is 1.54. The monoisotopic (exact) mass is 427 g/mol. The second-order valence-electron chi connectivity index (χ2n) is 6.85. The van der Waals surface area contributed by atoms with E-state index in [9.17, 15) is 14.9 Å². The fourth-order valence-corrected chi connectivity index (χ4v) is 3.47. The molecule has 10 heteroatoms. The Kier molecular flexibility index (Phi) is 5.62. The average Bonchev–Trinajstić information content (AvgIpc) is 3.44. The third kappa shape index (κ3) is 4.25. The molecule has 4 rings (SSSR count). The molecule has 0 saturated carbocycles. The van der Waals surface area contributed by atoms with Gasteiger partial charge in [-0.1, -0.05) is 16.8 Å². The van der Waals surface area contributed by atoms with Crippen molar-refractivity contribution in [3.8, 4) is 11.4 Å². The van der Waals surface area contributed by atoms with Gasteiger partial charge in [-0.3, -0.25) is 14.9 Å². The minimum Gasteiger partial charge on any atom is -0.371 e. The van der Waals surface area contributed by atoms with Crippen molar-refractivity contribution in [1.29, 1.82) is 0 Å². The summed E-state index contributed by atoms with van der Waals surface area (Å²) in [6.07, 6.45) is 2.04. The Labute approximate surface area is 176 Å². The molecule has 0 radical (unpaired) electrons. The van der Waals surface area contributed by atoms with Crippen LogP contribution in [0.1, 0.15) is 29.1 Å². The summed E-state index contributed by atoms with van der Waals surface area (Å²) >= 11 is 5.88. The van der Waals surface area contributed by atoms with Crippen LogP contribution in [0.25, 0.3) is 11.4 Å². The van der Waals surface area contributed by atoms with E-state index in [0.29, 0.717) is 16.5 Å². The lowest BCUT2D eigenvalue weighted by atomic mass is 10.1. The van der Waals surface area contributed by atoms with Crippen molar-refractivity contribution in [2.75, 3.05) is 18.0 Å². The quantitative estimate of drug-likeness (QED) is 0.469. The number of aromatic nitrogens is 2. The van der Waals surface area contributed by atoms with Crippen molar-refractivity contribution in [1.82, 2.24) is 15.5 Å². The third-order valence-corrected chi connectivity index (χ3v) is 5.10. The molecule has 1 saturated heterocycles. The van der Waals surface area contributed by atoms with Crippen LogP contribution < -0.4 is 10.2 Å². The molecule has 1 fully saturated rings. The second kappa shape index (κ2) is 8.50. The van der Waals surface area contributed by atoms with E-state index in [1.165, 1.54) is 12.1 Å². The van der Waals surface area contributed by atoms with Crippen LogP contribution in [0.3, 0.4) is 0 Å². The van der Waals surface area contributed by atoms with E-state index < -0.39 is 10.8 Å². The Morgan fingerprint density at radius 1 is 1.20 bits per heavy atom. The number of carbonyl (C=O) groups is 1. The zero-order valence-electron chi connectivity index (χ0n) is 15.9. The van der Waals surface area contributed by atoms with E-state index in [1.807, 2.05) is 0 Å². The predicted molar refractivity (Wildman–Crippen MR) is 110 cm³/mol. The maximum atomic E-state index is 12.8. The van der Waals surface area contributed by atoms with Gasteiger partial charge in [0.2, 0.25) is 11.7 Å². The van der Waals surface area contributed by atoms with E-state index in [4.69, 9.17) is 16.1 Å². The van der Waals surface area contributed by atoms with Gasteiger partial charge in [0, 0.05) is 35.8 Å². The van der Waals surface area contributed by atoms with E-state index in [2.05, 4.69) is 20.4 Å². The number of benzene rings is 2. The molecule has 1 aliphatic heterocycles. The SMILES string of the molecule is O=C(NCc1nc(-c2ccc(Cl)cc2)no1)c1cc([N+](=O)[O-])ccc1N1CCCC1. The van der Waals surface area contributed by atoms with E-state index >= 15 is 0 Å². The number of non-ortho nitro benzene ring substituents is 1. The molecule has 2 aromatic carbocycles. The van der Waals surface area contributed by atoms with Crippen molar-refractivity contribution in [2.45, 2.75) is 19.4 Å². The lowest BCUT2D eigenvalue weighted by molar-refractivity contribution is -0.384. The van der Waals surface area contributed by atoms with Gasteiger partial charge in [-0.15, -0.1) is 0 Å². The lowest BCUT2D eigenvalue weighted by Crippen LogP contribution is -2.27. The standard InChI is InChI=1S/C20H18ClN5O4/c21-14-5-3-13(4-6-14)19-23-18(30-24-19)12-22-20(27)16-11-15(26(28)29)7-8-17(16)25-9-1-2-10-25/h3-8,11H,1-2,9-10,12H2,(H,22,27). The van der Waals surface area contributed by atoms with Crippen molar-refractivity contribution >= 4 is 28.9 Å². The summed E-state index contributed by atoms with van der Waals surface area (Å²) in [6, 6.07) is 11.3. The first-order valence-electron chi connectivity index (χ1n) is 9.41. The molecule has 3 aromatic rings.